The number of carbonyl (C=O) groups is 2. The number of nitrogens with one attached hydrogen (secondary N) is 1. The standard InChI is InChI=1S/C25H35N5O5S/c1-3-22(19-8-10-21(35-2)11-9-19)27-24(31)23-7-5-13-30(23)25(32)20-6-4-12-28(17-20)36(33,34)29-15-18(14-26)16-29/h8-11,18,20,22-23H,3-7,12-13,15-17H2,1-2H3,(H,27,31)/t20-,22?,23+/m0/s1. The summed E-state index contributed by atoms with van der Waals surface area (Å²) < 4.78 is 33.8. The third-order valence-corrected chi connectivity index (χ3v) is 9.43. The molecular formula is C25H35N5O5S. The van der Waals surface area contributed by atoms with Crippen molar-refractivity contribution < 1.29 is 22.7 Å². The van der Waals surface area contributed by atoms with Crippen LogP contribution in [0.5, 0.6) is 5.75 Å². The number of benzene rings is 1. The van der Waals surface area contributed by atoms with Gasteiger partial charge in [0.15, 0.2) is 0 Å². The molecule has 0 bridgehead atoms. The van der Waals surface area contributed by atoms with Crippen LogP contribution in [0.4, 0.5) is 0 Å². The monoisotopic (exact) mass is 517 g/mol. The SMILES string of the molecule is CCC(NC(=O)[C@H]1CCCN1C(=O)[C@H]1CCCN(S(=O)(=O)N2CC(C#N)C2)C1)c1ccc(OC)cc1. The van der Waals surface area contributed by atoms with E-state index in [1.165, 1.54) is 8.61 Å². The van der Waals surface area contributed by atoms with Crippen LogP contribution < -0.4 is 10.1 Å². The summed E-state index contributed by atoms with van der Waals surface area (Å²) in [6, 6.07) is 8.94. The number of piperidine rings is 1. The van der Waals surface area contributed by atoms with Crippen LogP contribution in [-0.2, 0) is 19.8 Å². The summed E-state index contributed by atoms with van der Waals surface area (Å²) in [5.74, 6) is -0.320. The summed E-state index contributed by atoms with van der Waals surface area (Å²) >= 11 is 0. The van der Waals surface area contributed by atoms with Crippen molar-refractivity contribution in [1.29, 1.82) is 5.26 Å². The van der Waals surface area contributed by atoms with E-state index < -0.39 is 22.2 Å². The van der Waals surface area contributed by atoms with Crippen LogP contribution in [0.2, 0.25) is 0 Å². The molecule has 3 heterocycles. The van der Waals surface area contributed by atoms with Crippen LogP contribution in [0, 0.1) is 23.2 Å². The first-order valence-electron chi connectivity index (χ1n) is 12.7. The number of hydrogen-bond donors (Lipinski definition) is 1. The average Bonchev–Trinajstić information content (AvgIpc) is 3.36. The molecule has 0 radical (unpaired) electrons. The van der Waals surface area contributed by atoms with Crippen molar-refractivity contribution in [2.75, 3.05) is 39.8 Å². The summed E-state index contributed by atoms with van der Waals surface area (Å²) in [4.78, 5) is 28.4. The second-order valence-corrected chi connectivity index (χ2v) is 11.7. The molecule has 196 valence electrons. The number of nitrogens with zero attached hydrogens (tertiary/aromatic N) is 4. The smallest absolute Gasteiger partial charge is 0.282 e. The summed E-state index contributed by atoms with van der Waals surface area (Å²) in [7, 11) is -2.08. The summed E-state index contributed by atoms with van der Waals surface area (Å²) in [6.45, 7) is 3.38. The molecule has 0 aliphatic carbocycles. The molecule has 0 saturated carbocycles. The lowest BCUT2D eigenvalue weighted by Gasteiger charge is -2.41. The molecule has 1 unspecified atom stereocenters. The van der Waals surface area contributed by atoms with Crippen molar-refractivity contribution in [2.24, 2.45) is 11.8 Å². The van der Waals surface area contributed by atoms with Gasteiger partial charge in [-0.1, -0.05) is 19.1 Å². The van der Waals surface area contributed by atoms with Gasteiger partial charge in [-0.3, -0.25) is 9.59 Å². The first-order chi connectivity index (χ1) is 17.3. The van der Waals surface area contributed by atoms with Gasteiger partial charge in [-0.15, -0.1) is 0 Å². The van der Waals surface area contributed by atoms with Gasteiger partial charge in [0.05, 0.1) is 31.1 Å². The zero-order valence-corrected chi connectivity index (χ0v) is 21.7. The van der Waals surface area contributed by atoms with Crippen molar-refractivity contribution in [2.45, 2.75) is 51.1 Å². The fourth-order valence-electron chi connectivity index (χ4n) is 5.29. The van der Waals surface area contributed by atoms with Gasteiger partial charge < -0.3 is 15.0 Å². The van der Waals surface area contributed by atoms with E-state index in [-0.39, 0.29) is 43.4 Å². The minimum atomic E-state index is -3.69. The molecule has 2 amide bonds. The van der Waals surface area contributed by atoms with Crippen molar-refractivity contribution >= 4 is 22.0 Å². The van der Waals surface area contributed by atoms with E-state index >= 15 is 0 Å². The van der Waals surface area contributed by atoms with Gasteiger partial charge >= 0.3 is 0 Å². The Balaban J connectivity index is 1.39. The number of rotatable bonds is 8. The van der Waals surface area contributed by atoms with Crippen LogP contribution >= 0.6 is 0 Å². The van der Waals surface area contributed by atoms with Gasteiger partial charge in [0, 0.05) is 32.7 Å². The highest BCUT2D eigenvalue weighted by Crippen LogP contribution is 2.29. The largest absolute Gasteiger partial charge is 0.497 e. The van der Waals surface area contributed by atoms with Crippen LogP contribution in [0.1, 0.15) is 50.6 Å². The number of hydrogen-bond acceptors (Lipinski definition) is 6. The lowest BCUT2D eigenvalue weighted by Crippen LogP contribution is -2.57. The summed E-state index contributed by atoms with van der Waals surface area (Å²) in [5, 5.41) is 12.1. The molecule has 3 aliphatic heterocycles. The molecule has 1 aromatic carbocycles. The number of likely N-dealkylation sites (tertiary alicyclic amines) is 1. The van der Waals surface area contributed by atoms with E-state index in [0.717, 1.165) is 17.7 Å². The van der Waals surface area contributed by atoms with Crippen LogP contribution in [-0.4, -0.2) is 79.6 Å². The molecule has 36 heavy (non-hydrogen) atoms. The molecular weight excluding hydrogens is 482 g/mol. The first-order valence-corrected chi connectivity index (χ1v) is 14.1. The van der Waals surface area contributed by atoms with Crippen LogP contribution in [0.15, 0.2) is 24.3 Å². The van der Waals surface area contributed by atoms with Crippen LogP contribution in [0.25, 0.3) is 0 Å². The Labute approximate surface area is 213 Å². The highest BCUT2D eigenvalue weighted by molar-refractivity contribution is 7.86. The molecule has 3 fully saturated rings. The van der Waals surface area contributed by atoms with Crippen molar-refractivity contribution in [3.05, 3.63) is 29.8 Å². The number of methoxy groups -OCH3 is 1. The predicted octanol–water partition coefficient (Wildman–Crippen LogP) is 1.67. The Kier molecular flexibility index (Phi) is 8.17. The fourth-order valence-corrected chi connectivity index (χ4v) is 7.08. The number of amides is 2. The summed E-state index contributed by atoms with van der Waals surface area (Å²) in [5.41, 5.74) is 0.972. The zero-order chi connectivity index (χ0) is 25.9. The van der Waals surface area contributed by atoms with Crippen LogP contribution in [0.3, 0.4) is 0 Å². The molecule has 3 aliphatic rings. The minimum Gasteiger partial charge on any atom is -0.497 e. The zero-order valence-electron chi connectivity index (χ0n) is 20.9. The minimum absolute atomic E-state index is 0.114. The van der Waals surface area contributed by atoms with E-state index in [0.29, 0.717) is 38.8 Å². The Morgan fingerprint density at radius 1 is 1.11 bits per heavy atom. The second kappa shape index (κ2) is 11.2. The van der Waals surface area contributed by atoms with E-state index in [1.54, 1.807) is 12.0 Å². The number of carbonyl (C=O) groups excluding carboxylic acids is 2. The number of ether oxygens (including phenoxy) is 1. The topological polar surface area (TPSA) is 123 Å². The van der Waals surface area contributed by atoms with Crippen molar-refractivity contribution in [3.8, 4) is 11.8 Å². The molecule has 4 rings (SSSR count). The fraction of sp³-hybridized carbons (Fsp3) is 0.640. The average molecular weight is 518 g/mol. The molecule has 3 saturated heterocycles. The molecule has 0 aromatic heterocycles. The quantitative estimate of drug-likeness (QED) is 0.560. The van der Waals surface area contributed by atoms with Gasteiger partial charge in [0.2, 0.25) is 11.8 Å². The van der Waals surface area contributed by atoms with Gasteiger partial charge in [-0.05, 0) is 49.8 Å². The maximum Gasteiger partial charge on any atom is 0.282 e. The van der Waals surface area contributed by atoms with E-state index in [2.05, 4.69) is 11.4 Å². The lowest BCUT2D eigenvalue weighted by molar-refractivity contribution is -0.142. The Hall–Kier alpha value is -2.68. The van der Waals surface area contributed by atoms with Gasteiger partial charge in [0.25, 0.3) is 10.2 Å². The Morgan fingerprint density at radius 3 is 2.44 bits per heavy atom. The third-order valence-electron chi connectivity index (χ3n) is 7.50. The predicted molar refractivity (Wildman–Crippen MR) is 133 cm³/mol. The molecule has 1 aromatic rings. The van der Waals surface area contributed by atoms with E-state index in [4.69, 9.17) is 10.00 Å². The highest BCUT2D eigenvalue weighted by Gasteiger charge is 2.44. The van der Waals surface area contributed by atoms with Crippen molar-refractivity contribution in [1.82, 2.24) is 18.8 Å². The number of nitriles is 1. The second-order valence-electron chi connectivity index (χ2n) is 9.78. The Bertz CT molecular complexity index is 1100. The third kappa shape index (κ3) is 5.36. The maximum absolute atomic E-state index is 13.5. The molecule has 3 atom stereocenters. The van der Waals surface area contributed by atoms with Gasteiger partial charge in [0.1, 0.15) is 11.8 Å². The molecule has 10 nitrogen and oxygen atoms in total. The van der Waals surface area contributed by atoms with E-state index in [1.807, 2.05) is 31.2 Å². The molecule has 0 spiro atoms. The van der Waals surface area contributed by atoms with Gasteiger partial charge in [-0.2, -0.15) is 22.3 Å². The first kappa shape index (κ1) is 26.4. The molecule has 1 N–H and O–H groups in total. The van der Waals surface area contributed by atoms with Crippen molar-refractivity contribution in [3.63, 3.8) is 0 Å². The highest BCUT2D eigenvalue weighted by atomic mass is 32.2. The lowest BCUT2D eigenvalue weighted by atomic mass is 9.97. The normalized spacial score (nSPS) is 24.5. The summed E-state index contributed by atoms with van der Waals surface area (Å²) in [6.07, 6.45) is 3.22. The van der Waals surface area contributed by atoms with Gasteiger partial charge in [-0.25, -0.2) is 0 Å². The molecule has 11 heteroatoms. The Morgan fingerprint density at radius 2 is 1.81 bits per heavy atom. The van der Waals surface area contributed by atoms with E-state index in [9.17, 15) is 18.0 Å². The maximum atomic E-state index is 13.5.